The molecule has 0 saturated heterocycles. The van der Waals surface area contributed by atoms with Crippen LogP contribution in [0.15, 0.2) is 28.7 Å². The highest BCUT2D eigenvalue weighted by Crippen LogP contribution is 2.40. The molecule has 0 amide bonds. The molecule has 0 aromatic heterocycles. The van der Waals surface area contributed by atoms with Gasteiger partial charge in [-0.15, -0.1) is 0 Å². The van der Waals surface area contributed by atoms with Gasteiger partial charge in [-0.3, -0.25) is 4.79 Å². The number of halogens is 1. The first kappa shape index (κ1) is 13.6. The van der Waals surface area contributed by atoms with E-state index in [1.807, 2.05) is 12.1 Å². The Bertz CT molecular complexity index is 421. The highest BCUT2D eigenvalue weighted by Gasteiger charge is 2.43. The van der Waals surface area contributed by atoms with Crippen LogP contribution in [0.3, 0.4) is 0 Å². The molecule has 0 radical (unpaired) electrons. The van der Waals surface area contributed by atoms with E-state index in [0.717, 1.165) is 23.7 Å². The third-order valence-electron chi connectivity index (χ3n) is 3.71. The molecule has 4 heteroatoms. The van der Waals surface area contributed by atoms with E-state index in [1.54, 1.807) is 12.1 Å². The van der Waals surface area contributed by atoms with Crippen LogP contribution in [0.2, 0.25) is 0 Å². The first-order valence-electron chi connectivity index (χ1n) is 6.23. The van der Waals surface area contributed by atoms with Gasteiger partial charge in [-0.05, 0) is 30.5 Å². The molecule has 1 fully saturated rings. The lowest BCUT2D eigenvalue weighted by Crippen LogP contribution is -2.42. The second-order valence-electron chi connectivity index (χ2n) is 4.99. The molecular weight excluding hydrogens is 296 g/mol. The second kappa shape index (κ2) is 5.41. The molecule has 3 nitrogen and oxygen atoms in total. The Hall–Kier alpha value is -0.870. The Morgan fingerprint density at radius 1 is 1.17 bits per heavy atom. The molecule has 0 unspecified atom stereocenters. The molecular formula is C14H17BrO3. The zero-order valence-electron chi connectivity index (χ0n) is 10.1. The van der Waals surface area contributed by atoms with E-state index in [9.17, 15) is 15.0 Å². The third kappa shape index (κ3) is 2.75. The smallest absolute Gasteiger partial charge is 0.313 e. The van der Waals surface area contributed by atoms with Crippen molar-refractivity contribution in [2.24, 2.45) is 0 Å². The fourth-order valence-electron chi connectivity index (χ4n) is 2.79. The molecule has 98 valence electrons. The minimum Gasteiger partial charge on any atom is -0.481 e. The van der Waals surface area contributed by atoms with Crippen LogP contribution in [-0.2, 0) is 4.79 Å². The number of rotatable bonds is 3. The lowest BCUT2D eigenvalue weighted by atomic mass is 9.73. The van der Waals surface area contributed by atoms with Crippen molar-refractivity contribution in [2.45, 2.75) is 43.6 Å². The maximum Gasteiger partial charge on any atom is 0.313 e. The summed E-state index contributed by atoms with van der Waals surface area (Å²) in [6, 6.07) is 7.18. The third-order valence-corrected chi connectivity index (χ3v) is 4.24. The number of benzene rings is 1. The average molecular weight is 313 g/mol. The summed E-state index contributed by atoms with van der Waals surface area (Å²) < 4.78 is 0.908. The van der Waals surface area contributed by atoms with Crippen LogP contribution in [0, 0.1) is 0 Å². The first-order valence-corrected chi connectivity index (χ1v) is 7.03. The average Bonchev–Trinajstić information content (AvgIpc) is 2.32. The van der Waals surface area contributed by atoms with E-state index in [4.69, 9.17) is 0 Å². The molecule has 0 aliphatic heterocycles. The van der Waals surface area contributed by atoms with E-state index in [-0.39, 0.29) is 0 Å². The van der Waals surface area contributed by atoms with E-state index in [0.29, 0.717) is 18.4 Å². The van der Waals surface area contributed by atoms with Crippen molar-refractivity contribution in [3.05, 3.63) is 34.3 Å². The molecule has 18 heavy (non-hydrogen) atoms. The van der Waals surface area contributed by atoms with Crippen LogP contribution in [0.1, 0.15) is 43.6 Å². The minimum atomic E-state index is -1.10. The minimum absolute atomic E-state index is 0.569. The molecule has 1 aromatic rings. The lowest BCUT2D eigenvalue weighted by molar-refractivity contribution is -0.147. The van der Waals surface area contributed by atoms with Crippen molar-refractivity contribution >= 4 is 21.9 Å². The normalized spacial score (nSPS) is 20.3. The van der Waals surface area contributed by atoms with Crippen molar-refractivity contribution in [2.75, 3.05) is 0 Å². The number of aliphatic carboxylic acids is 1. The van der Waals surface area contributed by atoms with Gasteiger partial charge in [0, 0.05) is 4.47 Å². The monoisotopic (exact) mass is 312 g/mol. The van der Waals surface area contributed by atoms with E-state index < -0.39 is 17.5 Å². The molecule has 1 aromatic carbocycles. The quantitative estimate of drug-likeness (QED) is 0.900. The number of aliphatic hydroxyl groups is 1. The highest BCUT2D eigenvalue weighted by molar-refractivity contribution is 9.10. The summed E-state index contributed by atoms with van der Waals surface area (Å²) in [7, 11) is 0. The van der Waals surface area contributed by atoms with Gasteiger partial charge in [0.1, 0.15) is 5.92 Å². The van der Waals surface area contributed by atoms with Crippen molar-refractivity contribution < 1.29 is 15.0 Å². The van der Waals surface area contributed by atoms with Crippen molar-refractivity contribution in [3.8, 4) is 0 Å². The van der Waals surface area contributed by atoms with E-state index >= 15 is 0 Å². The summed E-state index contributed by atoms with van der Waals surface area (Å²) in [4.78, 5) is 11.5. The molecule has 0 heterocycles. The van der Waals surface area contributed by atoms with Gasteiger partial charge < -0.3 is 10.2 Å². The molecule has 1 saturated carbocycles. The Morgan fingerprint density at radius 3 is 2.22 bits per heavy atom. The maximum absolute atomic E-state index is 11.5. The molecule has 2 N–H and O–H groups in total. The standard InChI is InChI=1S/C14H17BrO3/c15-11-6-4-10(5-7-11)12(13(16)17)14(18)8-2-1-3-9-14/h4-7,12,18H,1-3,8-9H2,(H,16,17)/t12-/m1/s1. The number of carbonyl (C=O) groups is 1. The van der Waals surface area contributed by atoms with E-state index in [1.165, 1.54) is 0 Å². The van der Waals surface area contributed by atoms with Gasteiger partial charge >= 0.3 is 5.97 Å². The lowest BCUT2D eigenvalue weighted by Gasteiger charge is -2.37. The number of hydrogen-bond acceptors (Lipinski definition) is 2. The molecule has 1 aliphatic rings. The molecule has 2 rings (SSSR count). The predicted molar refractivity (Wildman–Crippen MR) is 72.6 cm³/mol. The second-order valence-corrected chi connectivity index (χ2v) is 5.90. The molecule has 1 atom stereocenters. The van der Waals surface area contributed by atoms with Crippen LogP contribution in [0.4, 0.5) is 0 Å². The van der Waals surface area contributed by atoms with Crippen LogP contribution >= 0.6 is 15.9 Å². The Kier molecular flexibility index (Phi) is 4.07. The molecule has 0 bridgehead atoms. The first-order chi connectivity index (χ1) is 8.53. The predicted octanol–water partition coefficient (Wildman–Crippen LogP) is 3.31. The van der Waals surface area contributed by atoms with Gasteiger partial charge in [-0.2, -0.15) is 0 Å². The van der Waals surface area contributed by atoms with Gasteiger partial charge in [0.25, 0.3) is 0 Å². The topological polar surface area (TPSA) is 57.5 Å². The fraction of sp³-hybridized carbons (Fsp3) is 0.500. The Labute approximate surface area is 115 Å². The molecule has 1 aliphatic carbocycles. The summed E-state index contributed by atoms with van der Waals surface area (Å²) in [5.41, 5.74) is -0.423. The van der Waals surface area contributed by atoms with Gasteiger partial charge in [-0.25, -0.2) is 0 Å². The van der Waals surface area contributed by atoms with Gasteiger partial charge in [0.2, 0.25) is 0 Å². The van der Waals surface area contributed by atoms with Crippen molar-refractivity contribution in [1.29, 1.82) is 0 Å². The Balaban J connectivity index is 2.33. The number of carboxylic acids is 1. The Morgan fingerprint density at radius 2 is 1.72 bits per heavy atom. The number of carboxylic acid groups (broad SMARTS) is 1. The summed E-state index contributed by atoms with van der Waals surface area (Å²) >= 11 is 3.33. The van der Waals surface area contributed by atoms with Crippen LogP contribution in [-0.4, -0.2) is 21.8 Å². The summed E-state index contributed by atoms with van der Waals surface area (Å²) in [5, 5.41) is 20.1. The maximum atomic E-state index is 11.5. The van der Waals surface area contributed by atoms with Gasteiger partial charge in [0.15, 0.2) is 0 Å². The van der Waals surface area contributed by atoms with Crippen molar-refractivity contribution in [1.82, 2.24) is 0 Å². The highest BCUT2D eigenvalue weighted by atomic mass is 79.9. The largest absolute Gasteiger partial charge is 0.481 e. The summed E-state index contributed by atoms with van der Waals surface area (Å²) in [5.74, 6) is -1.77. The van der Waals surface area contributed by atoms with Gasteiger partial charge in [-0.1, -0.05) is 47.3 Å². The van der Waals surface area contributed by atoms with Crippen LogP contribution in [0.5, 0.6) is 0 Å². The fourth-order valence-corrected chi connectivity index (χ4v) is 3.05. The van der Waals surface area contributed by atoms with Crippen LogP contribution < -0.4 is 0 Å². The van der Waals surface area contributed by atoms with Crippen LogP contribution in [0.25, 0.3) is 0 Å². The SMILES string of the molecule is O=C(O)[C@@H](c1ccc(Br)cc1)C1(O)CCCCC1. The number of hydrogen-bond donors (Lipinski definition) is 2. The molecule has 0 spiro atoms. The van der Waals surface area contributed by atoms with Gasteiger partial charge in [0.05, 0.1) is 5.60 Å². The zero-order valence-corrected chi connectivity index (χ0v) is 11.7. The summed E-state index contributed by atoms with van der Waals surface area (Å²) in [6.45, 7) is 0. The summed E-state index contributed by atoms with van der Waals surface area (Å²) in [6.07, 6.45) is 4.02. The van der Waals surface area contributed by atoms with E-state index in [2.05, 4.69) is 15.9 Å². The van der Waals surface area contributed by atoms with Crippen molar-refractivity contribution in [3.63, 3.8) is 0 Å². The zero-order chi connectivity index (χ0) is 13.2.